The van der Waals surface area contributed by atoms with E-state index in [2.05, 4.69) is 20.8 Å². The topological polar surface area (TPSA) is 61.7 Å². The van der Waals surface area contributed by atoms with E-state index >= 15 is 0 Å². The van der Waals surface area contributed by atoms with Crippen molar-refractivity contribution in [3.8, 4) is 0 Å². The molecule has 7 heteroatoms. The third-order valence-electron chi connectivity index (χ3n) is 4.62. The van der Waals surface area contributed by atoms with Crippen molar-refractivity contribution in [1.82, 2.24) is 10.3 Å². The molecule has 0 bridgehead atoms. The van der Waals surface area contributed by atoms with Gasteiger partial charge in [-0.15, -0.1) is 0 Å². The zero-order valence-electron chi connectivity index (χ0n) is 14.2. The molecular formula is C19H19Cl2N5. The second-order valence-electron chi connectivity index (χ2n) is 6.48. The van der Waals surface area contributed by atoms with Gasteiger partial charge in [-0.1, -0.05) is 35.3 Å². The predicted molar refractivity (Wildman–Crippen MR) is 108 cm³/mol. The molecule has 0 radical (unpaired) electrons. The third kappa shape index (κ3) is 3.90. The van der Waals surface area contributed by atoms with Gasteiger partial charge in [-0.3, -0.25) is 0 Å². The molecule has 1 saturated heterocycles. The van der Waals surface area contributed by atoms with Gasteiger partial charge in [0, 0.05) is 12.5 Å². The van der Waals surface area contributed by atoms with Gasteiger partial charge in [0.2, 0.25) is 0 Å². The highest BCUT2D eigenvalue weighted by atomic mass is 35.5. The maximum absolute atomic E-state index is 6.11. The van der Waals surface area contributed by atoms with Crippen LogP contribution in [0.4, 0.5) is 5.82 Å². The average molecular weight is 388 g/mol. The number of piperidine rings is 1. The van der Waals surface area contributed by atoms with E-state index in [1.54, 1.807) is 6.07 Å². The first kappa shape index (κ1) is 17.5. The predicted octanol–water partition coefficient (Wildman–Crippen LogP) is 4.15. The summed E-state index contributed by atoms with van der Waals surface area (Å²) >= 11 is 12.1. The molecule has 0 amide bonds. The van der Waals surface area contributed by atoms with Crippen molar-refractivity contribution < 1.29 is 0 Å². The van der Waals surface area contributed by atoms with E-state index in [0.717, 1.165) is 54.4 Å². The molecular weight excluding hydrogens is 369 g/mol. The molecule has 2 aliphatic heterocycles. The van der Waals surface area contributed by atoms with E-state index in [9.17, 15) is 0 Å². The fourth-order valence-electron chi connectivity index (χ4n) is 3.18. The summed E-state index contributed by atoms with van der Waals surface area (Å²) in [6.07, 6.45) is 2.84. The molecule has 134 valence electrons. The number of pyridine rings is 1. The number of benzene rings is 1. The van der Waals surface area contributed by atoms with Crippen molar-refractivity contribution >= 4 is 40.4 Å². The summed E-state index contributed by atoms with van der Waals surface area (Å²) in [5, 5.41) is 16.6. The molecule has 5 nitrogen and oxygen atoms in total. The smallest absolute Gasteiger partial charge is 0.126 e. The molecule has 0 saturated carbocycles. The molecule has 2 N–H and O–H groups in total. The van der Waals surface area contributed by atoms with Crippen LogP contribution in [0.1, 0.15) is 30.5 Å². The summed E-state index contributed by atoms with van der Waals surface area (Å²) in [4.78, 5) is 4.73. The van der Waals surface area contributed by atoms with Crippen LogP contribution in [0.25, 0.3) is 0 Å². The highest BCUT2D eigenvalue weighted by molar-refractivity contribution is 6.42. The quantitative estimate of drug-likeness (QED) is 0.827. The molecule has 0 aliphatic carbocycles. The zero-order chi connectivity index (χ0) is 17.9. The first-order valence-electron chi connectivity index (χ1n) is 8.72. The van der Waals surface area contributed by atoms with Crippen LogP contribution in [0.5, 0.6) is 0 Å². The Morgan fingerprint density at radius 3 is 2.58 bits per heavy atom. The molecule has 0 unspecified atom stereocenters. The Bertz CT molecular complexity index is 872. The minimum absolute atomic E-state index is 0.465. The molecule has 1 fully saturated rings. The average Bonchev–Trinajstić information content (AvgIpc) is 3.15. The minimum Gasteiger partial charge on any atom is -0.367 e. The van der Waals surface area contributed by atoms with Crippen molar-refractivity contribution in [3.05, 3.63) is 57.7 Å². The lowest BCUT2D eigenvalue weighted by Gasteiger charge is -2.24. The Morgan fingerprint density at radius 1 is 0.962 bits per heavy atom. The fraction of sp³-hybridized carbons (Fsp3) is 0.316. The lowest BCUT2D eigenvalue weighted by atomic mass is 10.0. The van der Waals surface area contributed by atoms with Gasteiger partial charge < -0.3 is 10.6 Å². The van der Waals surface area contributed by atoms with Gasteiger partial charge in [0.1, 0.15) is 5.82 Å². The molecule has 2 aromatic rings. The molecule has 0 atom stereocenters. The van der Waals surface area contributed by atoms with Crippen LogP contribution in [0, 0.1) is 0 Å². The Balaban J connectivity index is 1.45. The SMILES string of the molecule is Clc1ccc(C2=NN=C(c3cccc(NC4CCNCC4)n3)C2)cc1Cl. The molecule has 0 spiro atoms. The number of aromatic nitrogens is 1. The number of hydrogen-bond acceptors (Lipinski definition) is 5. The van der Waals surface area contributed by atoms with Crippen LogP contribution in [-0.4, -0.2) is 35.5 Å². The van der Waals surface area contributed by atoms with Crippen molar-refractivity contribution in [1.29, 1.82) is 0 Å². The molecule has 1 aromatic heterocycles. The van der Waals surface area contributed by atoms with E-state index < -0.39 is 0 Å². The fourth-order valence-corrected chi connectivity index (χ4v) is 3.48. The van der Waals surface area contributed by atoms with Gasteiger partial charge >= 0.3 is 0 Å². The Kier molecular flexibility index (Phi) is 5.20. The van der Waals surface area contributed by atoms with Crippen molar-refractivity contribution in [2.24, 2.45) is 10.2 Å². The standard InChI is InChI=1S/C19H19Cl2N5/c20-14-5-4-12(10-15(14)21)17-11-18(26-25-17)16-2-1-3-19(24-16)23-13-6-8-22-9-7-13/h1-5,10,13,22H,6-9,11H2,(H,23,24). The molecule has 4 rings (SSSR count). The van der Waals surface area contributed by atoms with Crippen LogP contribution in [0.2, 0.25) is 10.0 Å². The molecule has 26 heavy (non-hydrogen) atoms. The molecule has 3 heterocycles. The van der Waals surface area contributed by atoms with E-state index in [0.29, 0.717) is 22.5 Å². The number of hydrogen-bond donors (Lipinski definition) is 2. The lowest BCUT2D eigenvalue weighted by Crippen LogP contribution is -2.35. The van der Waals surface area contributed by atoms with Crippen LogP contribution in [-0.2, 0) is 0 Å². The zero-order valence-corrected chi connectivity index (χ0v) is 15.7. The van der Waals surface area contributed by atoms with E-state index in [-0.39, 0.29) is 0 Å². The van der Waals surface area contributed by atoms with Crippen molar-refractivity contribution in [3.63, 3.8) is 0 Å². The number of nitrogens with zero attached hydrogens (tertiary/aromatic N) is 3. The van der Waals surface area contributed by atoms with Crippen LogP contribution in [0.3, 0.4) is 0 Å². The minimum atomic E-state index is 0.465. The largest absolute Gasteiger partial charge is 0.367 e. The normalized spacial score (nSPS) is 17.8. The number of nitrogens with one attached hydrogen (secondary N) is 2. The summed E-state index contributed by atoms with van der Waals surface area (Å²) in [6.45, 7) is 2.09. The monoisotopic (exact) mass is 387 g/mol. The summed E-state index contributed by atoms with van der Waals surface area (Å²) < 4.78 is 0. The van der Waals surface area contributed by atoms with E-state index in [1.165, 1.54) is 0 Å². The van der Waals surface area contributed by atoms with Gasteiger partial charge in [-0.05, 0) is 55.8 Å². The number of rotatable bonds is 4. The second-order valence-corrected chi connectivity index (χ2v) is 7.29. The van der Waals surface area contributed by atoms with Crippen molar-refractivity contribution in [2.45, 2.75) is 25.3 Å². The summed E-state index contributed by atoms with van der Waals surface area (Å²) in [5.74, 6) is 0.889. The van der Waals surface area contributed by atoms with Gasteiger partial charge in [-0.2, -0.15) is 10.2 Å². The van der Waals surface area contributed by atoms with Gasteiger partial charge in [0.05, 0.1) is 27.2 Å². The summed E-state index contributed by atoms with van der Waals surface area (Å²) in [5.41, 5.74) is 3.52. The van der Waals surface area contributed by atoms with Gasteiger partial charge in [-0.25, -0.2) is 4.98 Å². The first-order chi connectivity index (χ1) is 12.7. The Labute approximate surface area is 162 Å². The van der Waals surface area contributed by atoms with Crippen LogP contribution in [0.15, 0.2) is 46.6 Å². The summed E-state index contributed by atoms with van der Waals surface area (Å²) in [7, 11) is 0. The van der Waals surface area contributed by atoms with E-state index in [4.69, 9.17) is 28.2 Å². The second kappa shape index (κ2) is 7.74. The van der Waals surface area contributed by atoms with Gasteiger partial charge in [0.25, 0.3) is 0 Å². The summed E-state index contributed by atoms with van der Waals surface area (Å²) in [6, 6.07) is 12.0. The lowest BCUT2D eigenvalue weighted by molar-refractivity contribution is 0.478. The highest BCUT2D eigenvalue weighted by Crippen LogP contribution is 2.25. The number of anilines is 1. The highest BCUT2D eigenvalue weighted by Gasteiger charge is 2.19. The number of halogens is 2. The van der Waals surface area contributed by atoms with Gasteiger partial charge in [0.15, 0.2) is 0 Å². The van der Waals surface area contributed by atoms with Crippen LogP contribution < -0.4 is 10.6 Å². The first-order valence-corrected chi connectivity index (χ1v) is 9.48. The van der Waals surface area contributed by atoms with Crippen molar-refractivity contribution in [2.75, 3.05) is 18.4 Å². The molecule has 2 aliphatic rings. The maximum Gasteiger partial charge on any atom is 0.126 e. The third-order valence-corrected chi connectivity index (χ3v) is 5.35. The Morgan fingerprint density at radius 2 is 1.77 bits per heavy atom. The van der Waals surface area contributed by atoms with Crippen LogP contribution >= 0.6 is 23.2 Å². The maximum atomic E-state index is 6.11. The Hall–Kier alpha value is -1.95. The molecule has 1 aromatic carbocycles. The van der Waals surface area contributed by atoms with E-state index in [1.807, 2.05) is 30.3 Å².